The normalized spacial score (nSPS) is 10.1. The number of aromatic nitrogens is 2. The van der Waals surface area contributed by atoms with Crippen LogP contribution in [0.15, 0.2) is 47.7 Å². The highest BCUT2D eigenvalue weighted by Crippen LogP contribution is 2.14. The highest BCUT2D eigenvalue weighted by atomic mass is 16.5. The summed E-state index contributed by atoms with van der Waals surface area (Å²) < 4.78 is 5.81. The fourth-order valence-electron chi connectivity index (χ4n) is 1.56. The van der Waals surface area contributed by atoms with Gasteiger partial charge in [0.2, 0.25) is 0 Å². The molecule has 0 aromatic carbocycles. The second-order valence-electron chi connectivity index (χ2n) is 3.70. The highest BCUT2D eigenvalue weighted by molar-refractivity contribution is 5.69. The number of carbonyl (C=O) groups excluding carboxylic acids is 1. The highest BCUT2D eigenvalue weighted by Gasteiger charge is 2.05. The lowest BCUT2D eigenvalue weighted by molar-refractivity contribution is -0.141. The topological polar surface area (TPSA) is 61.2 Å². The molecule has 0 N–H and O–H groups in total. The molecule has 0 fully saturated rings. The average Bonchev–Trinajstić information content (AvgIpc) is 2.42. The predicted molar refractivity (Wildman–Crippen MR) is 65.9 cm³/mol. The number of methoxy groups -OCH3 is 1. The second-order valence-corrected chi connectivity index (χ2v) is 3.70. The number of ether oxygens (including phenoxy) is 1. The van der Waals surface area contributed by atoms with E-state index in [0.717, 1.165) is 11.1 Å². The van der Waals surface area contributed by atoms with E-state index in [0.29, 0.717) is 0 Å². The Bertz CT molecular complexity index is 605. The Kier molecular flexibility index (Phi) is 3.52. The van der Waals surface area contributed by atoms with Crippen molar-refractivity contribution in [1.29, 1.82) is 0 Å². The number of pyridine rings is 2. The standard InChI is InChI=1S/C13H12N2O3/c1-18-13(17)9-15-6-4-10(7-12(15)16)11-3-2-5-14-8-11/h2-8H,9H2,1H3. The minimum atomic E-state index is -0.453. The maximum absolute atomic E-state index is 11.8. The summed E-state index contributed by atoms with van der Waals surface area (Å²) in [6.07, 6.45) is 4.92. The van der Waals surface area contributed by atoms with Gasteiger partial charge in [0.1, 0.15) is 6.54 Å². The van der Waals surface area contributed by atoms with Gasteiger partial charge in [-0.2, -0.15) is 0 Å². The van der Waals surface area contributed by atoms with Gasteiger partial charge in [-0.05, 0) is 17.7 Å². The molecular weight excluding hydrogens is 232 g/mol. The first-order valence-electron chi connectivity index (χ1n) is 5.38. The van der Waals surface area contributed by atoms with Crippen LogP contribution in [-0.4, -0.2) is 22.6 Å². The van der Waals surface area contributed by atoms with Gasteiger partial charge in [0.05, 0.1) is 7.11 Å². The Morgan fingerprint density at radius 1 is 1.39 bits per heavy atom. The SMILES string of the molecule is COC(=O)Cn1ccc(-c2cccnc2)cc1=O. The molecule has 0 amide bonds. The molecule has 2 rings (SSSR count). The zero-order valence-corrected chi connectivity index (χ0v) is 9.87. The van der Waals surface area contributed by atoms with Crippen LogP contribution in [0.4, 0.5) is 0 Å². The number of rotatable bonds is 3. The van der Waals surface area contributed by atoms with Gasteiger partial charge in [0.25, 0.3) is 5.56 Å². The number of esters is 1. The van der Waals surface area contributed by atoms with E-state index in [2.05, 4.69) is 9.72 Å². The maximum atomic E-state index is 11.8. The average molecular weight is 244 g/mol. The van der Waals surface area contributed by atoms with Crippen LogP contribution >= 0.6 is 0 Å². The number of nitrogens with zero attached hydrogens (tertiary/aromatic N) is 2. The van der Waals surface area contributed by atoms with Crippen LogP contribution in [0.2, 0.25) is 0 Å². The maximum Gasteiger partial charge on any atom is 0.325 e. The molecule has 5 heteroatoms. The molecule has 18 heavy (non-hydrogen) atoms. The zero-order valence-electron chi connectivity index (χ0n) is 9.87. The van der Waals surface area contributed by atoms with E-state index in [9.17, 15) is 9.59 Å². The Morgan fingerprint density at radius 2 is 2.22 bits per heavy atom. The van der Waals surface area contributed by atoms with Crippen molar-refractivity contribution in [3.05, 3.63) is 53.2 Å². The summed E-state index contributed by atoms with van der Waals surface area (Å²) in [5.41, 5.74) is 1.38. The Balaban J connectivity index is 2.31. The van der Waals surface area contributed by atoms with Crippen molar-refractivity contribution in [2.75, 3.05) is 7.11 Å². The van der Waals surface area contributed by atoms with Crippen molar-refractivity contribution >= 4 is 5.97 Å². The van der Waals surface area contributed by atoms with E-state index in [4.69, 9.17) is 0 Å². The first kappa shape index (κ1) is 12.0. The predicted octanol–water partition coefficient (Wildman–Crippen LogP) is 1.08. The molecular formula is C13H12N2O3. The molecule has 0 aliphatic rings. The van der Waals surface area contributed by atoms with Gasteiger partial charge in [-0.15, -0.1) is 0 Å². The molecule has 92 valence electrons. The van der Waals surface area contributed by atoms with Crippen molar-refractivity contribution in [3.8, 4) is 11.1 Å². The molecule has 0 saturated heterocycles. The Labute approximate surface area is 104 Å². The minimum absolute atomic E-state index is 0.0807. The van der Waals surface area contributed by atoms with E-state index >= 15 is 0 Å². The smallest absolute Gasteiger partial charge is 0.325 e. The molecule has 0 saturated carbocycles. The number of hydrogen-bond donors (Lipinski definition) is 0. The third kappa shape index (κ3) is 2.63. The lowest BCUT2D eigenvalue weighted by atomic mass is 10.1. The monoisotopic (exact) mass is 244 g/mol. The van der Waals surface area contributed by atoms with Gasteiger partial charge in [0, 0.05) is 30.2 Å². The van der Waals surface area contributed by atoms with E-state index in [1.54, 1.807) is 30.7 Å². The van der Waals surface area contributed by atoms with Crippen LogP contribution in [0.1, 0.15) is 0 Å². The van der Waals surface area contributed by atoms with Crippen LogP contribution in [0, 0.1) is 0 Å². The van der Waals surface area contributed by atoms with Gasteiger partial charge in [0.15, 0.2) is 0 Å². The van der Waals surface area contributed by atoms with Crippen LogP contribution in [0.3, 0.4) is 0 Å². The summed E-state index contributed by atoms with van der Waals surface area (Å²) in [4.78, 5) is 26.9. The van der Waals surface area contributed by atoms with E-state index in [1.807, 2.05) is 6.07 Å². The second kappa shape index (κ2) is 5.27. The van der Waals surface area contributed by atoms with Gasteiger partial charge in [-0.25, -0.2) is 0 Å². The molecule has 2 aromatic heterocycles. The molecule has 2 heterocycles. The van der Waals surface area contributed by atoms with E-state index in [-0.39, 0.29) is 12.1 Å². The summed E-state index contributed by atoms with van der Waals surface area (Å²) in [5, 5.41) is 0. The summed E-state index contributed by atoms with van der Waals surface area (Å²) in [6.45, 7) is -0.0807. The molecule has 2 aromatic rings. The van der Waals surface area contributed by atoms with Crippen molar-refractivity contribution in [3.63, 3.8) is 0 Å². The van der Waals surface area contributed by atoms with Crippen molar-refractivity contribution < 1.29 is 9.53 Å². The molecule has 0 spiro atoms. The molecule has 0 atom stereocenters. The van der Waals surface area contributed by atoms with Crippen LogP contribution in [0.5, 0.6) is 0 Å². The van der Waals surface area contributed by atoms with Crippen molar-refractivity contribution in [1.82, 2.24) is 9.55 Å². The molecule has 5 nitrogen and oxygen atoms in total. The van der Waals surface area contributed by atoms with Gasteiger partial charge in [-0.3, -0.25) is 14.6 Å². The van der Waals surface area contributed by atoms with E-state index in [1.165, 1.54) is 17.7 Å². The van der Waals surface area contributed by atoms with Gasteiger partial charge >= 0.3 is 5.97 Å². The van der Waals surface area contributed by atoms with Crippen LogP contribution in [-0.2, 0) is 16.1 Å². The van der Waals surface area contributed by atoms with Crippen LogP contribution in [0.25, 0.3) is 11.1 Å². The quantitative estimate of drug-likeness (QED) is 0.758. The summed E-state index contributed by atoms with van der Waals surface area (Å²) in [7, 11) is 1.29. The number of hydrogen-bond acceptors (Lipinski definition) is 4. The third-order valence-electron chi connectivity index (χ3n) is 2.52. The largest absolute Gasteiger partial charge is 0.468 e. The zero-order chi connectivity index (χ0) is 13.0. The lowest BCUT2D eigenvalue weighted by Crippen LogP contribution is -2.23. The summed E-state index contributed by atoms with van der Waals surface area (Å²) >= 11 is 0. The van der Waals surface area contributed by atoms with Gasteiger partial charge < -0.3 is 9.30 Å². The van der Waals surface area contributed by atoms with E-state index < -0.39 is 5.97 Å². The Morgan fingerprint density at radius 3 is 2.83 bits per heavy atom. The fourth-order valence-corrected chi connectivity index (χ4v) is 1.56. The van der Waals surface area contributed by atoms with Gasteiger partial charge in [-0.1, -0.05) is 6.07 Å². The first-order valence-corrected chi connectivity index (χ1v) is 5.38. The van der Waals surface area contributed by atoms with Crippen molar-refractivity contribution in [2.45, 2.75) is 6.54 Å². The summed E-state index contributed by atoms with van der Waals surface area (Å²) in [6, 6.07) is 6.91. The first-order chi connectivity index (χ1) is 8.70. The molecule has 0 aliphatic carbocycles. The lowest BCUT2D eigenvalue weighted by Gasteiger charge is -2.05. The third-order valence-corrected chi connectivity index (χ3v) is 2.52. The molecule has 0 bridgehead atoms. The molecule has 0 aliphatic heterocycles. The van der Waals surface area contributed by atoms with Crippen LogP contribution < -0.4 is 5.56 Å². The molecule has 0 unspecified atom stereocenters. The molecule has 0 radical (unpaired) electrons. The van der Waals surface area contributed by atoms with Crippen molar-refractivity contribution in [2.24, 2.45) is 0 Å². The number of carbonyl (C=O) groups is 1. The summed E-state index contributed by atoms with van der Waals surface area (Å²) in [5.74, 6) is -0.453. The minimum Gasteiger partial charge on any atom is -0.468 e. The Hall–Kier alpha value is -2.43. The fraction of sp³-hybridized carbons (Fsp3) is 0.154.